The fourth-order valence-electron chi connectivity index (χ4n) is 2.84. The highest BCUT2D eigenvalue weighted by atomic mass is 19.4. The Morgan fingerprint density at radius 2 is 1.78 bits per heavy atom. The summed E-state index contributed by atoms with van der Waals surface area (Å²) in [5.41, 5.74) is 1.94. The van der Waals surface area contributed by atoms with Gasteiger partial charge in [-0.25, -0.2) is 4.98 Å². The Morgan fingerprint density at radius 1 is 1.00 bits per heavy atom. The summed E-state index contributed by atoms with van der Waals surface area (Å²) < 4.78 is 42.6. The molecule has 0 aliphatic carbocycles. The van der Waals surface area contributed by atoms with E-state index < -0.39 is 18.5 Å². The number of anilines is 1. The lowest BCUT2D eigenvalue weighted by Crippen LogP contribution is -2.21. The lowest BCUT2D eigenvalue weighted by Gasteiger charge is -2.07. The molecule has 0 saturated carbocycles. The first-order valence-electron chi connectivity index (χ1n) is 8.14. The molecule has 4 aromatic rings. The van der Waals surface area contributed by atoms with E-state index in [4.69, 9.17) is 4.42 Å². The van der Waals surface area contributed by atoms with Crippen molar-refractivity contribution in [2.45, 2.75) is 12.6 Å². The van der Waals surface area contributed by atoms with Crippen LogP contribution < -0.4 is 5.32 Å². The highest BCUT2D eigenvalue weighted by Crippen LogP contribution is 2.29. The average Bonchev–Trinajstić information content (AvgIpc) is 3.03. The molecule has 1 N–H and O–H groups in total. The summed E-state index contributed by atoms with van der Waals surface area (Å²) in [4.78, 5) is 15.8. The minimum Gasteiger partial charge on any atom is -0.436 e. The fourth-order valence-corrected chi connectivity index (χ4v) is 2.84. The Hall–Kier alpha value is -3.35. The van der Waals surface area contributed by atoms with Crippen molar-refractivity contribution in [2.75, 3.05) is 5.32 Å². The summed E-state index contributed by atoms with van der Waals surface area (Å²) in [6.45, 7) is 0. The zero-order valence-corrected chi connectivity index (χ0v) is 13.9. The zero-order chi connectivity index (χ0) is 19.0. The Kier molecular flexibility index (Phi) is 4.07. The molecule has 136 valence electrons. The number of amides is 1. The zero-order valence-electron chi connectivity index (χ0n) is 13.9. The van der Waals surface area contributed by atoms with Gasteiger partial charge in [0, 0.05) is 11.3 Å². The summed E-state index contributed by atoms with van der Waals surface area (Å²) in [5.74, 6) is -0.727. The molecular formula is C20H13F3N2O2. The van der Waals surface area contributed by atoms with Gasteiger partial charge < -0.3 is 9.73 Å². The van der Waals surface area contributed by atoms with E-state index in [9.17, 15) is 18.0 Å². The molecule has 0 aliphatic heterocycles. The largest absolute Gasteiger partial charge is 0.436 e. The summed E-state index contributed by atoms with van der Waals surface area (Å²) >= 11 is 0. The number of carbonyl (C=O) groups is 1. The minimum atomic E-state index is -4.55. The van der Waals surface area contributed by atoms with E-state index in [0.717, 1.165) is 16.3 Å². The lowest BCUT2D eigenvalue weighted by molar-refractivity contribution is -0.150. The molecule has 4 rings (SSSR count). The average molecular weight is 370 g/mol. The predicted octanol–water partition coefficient (Wildman–Crippen LogP) is 5.54. The summed E-state index contributed by atoms with van der Waals surface area (Å²) in [7, 11) is 0. The number of fused-ring (bicyclic) bond motifs is 2. The van der Waals surface area contributed by atoms with E-state index in [1.54, 1.807) is 6.07 Å². The number of hydrogen-bond donors (Lipinski definition) is 1. The van der Waals surface area contributed by atoms with E-state index in [-0.39, 0.29) is 5.69 Å². The lowest BCUT2D eigenvalue weighted by atomic mass is 10.1. The number of hydrogen-bond acceptors (Lipinski definition) is 3. The van der Waals surface area contributed by atoms with E-state index in [1.807, 2.05) is 42.5 Å². The van der Waals surface area contributed by atoms with E-state index in [0.29, 0.717) is 17.0 Å². The predicted molar refractivity (Wildman–Crippen MR) is 96.3 cm³/mol. The Labute approximate surface area is 151 Å². The van der Waals surface area contributed by atoms with Crippen LogP contribution in [0.15, 0.2) is 65.1 Å². The SMILES string of the molecule is O=C(CC(F)(F)F)Nc1ccc2oc(-c3ccc4ccccc4c3)nc2c1. The number of halogens is 3. The Bertz CT molecular complexity index is 1150. The van der Waals surface area contributed by atoms with Gasteiger partial charge in [-0.1, -0.05) is 30.3 Å². The van der Waals surface area contributed by atoms with Crippen LogP contribution in [0.25, 0.3) is 33.3 Å². The molecule has 1 aromatic heterocycles. The number of rotatable bonds is 3. The number of nitrogens with zero attached hydrogens (tertiary/aromatic N) is 1. The first-order chi connectivity index (χ1) is 12.9. The molecule has 4 nitrogen and oxygen atoms in total. The summed E-state index contributed by atoms with van der Waals surface area (Å²) in [5, 5.41) is 4.35. The van der Waals surface area contributed by atoms with Crippen molar-refractivity contribution in [1.29, 1.82) is 0 Å². The molecule has 27 heavy (non-hydrogen) atoms. The maximum absolute atomic E-state index is 12.3. The van der Waals surface area contributed by atoms with Gasteiger partial charge in [0.2, 0.25) is 11.8 Å². The van der Waals surface area contributed by atoms with Crippen LogP contribution in [0.1, 0.15) is 6.42 Å². The molecule has 0 aliphatic rings. The smallest absolute Gasteiger partial charge is 0.397 e. The molecule has 0 saturated heterocycles. The van der Waals surface area contributed by atoms with Crippen LogP contribution >= 0.6 is 0 Å². The standard InChI is InChI=1S/C20H13F3N2O2/c21-20(22,23)11-18(26)24-15-7-8-17-16(10-15)25-19(27-17)14-6-5-12-3-1-2-4-13(12)9-14/h1-10H,11H2,(H,24,26). The number of nitrogens with one attached hydrogen (secondary N) is 1. The number of carbonyl (C=O) groups excluding carboxylic acids is 1. The van der Waals surface area contributed by atoms with Crippen molar-refractivity contribution in [3.8, 4) is 11.5 Å². The van der Waals surface area contributed by atoms with Gasteiger partial charge in [0.1, 0.15) is 11.9 Å². The summed E-state index contributed by atoms with van der Waals surface area (Å²) in [6, 6.07) is 18.2. The number of alkyl halides is 3. The van der Waals surface area contributed by atoms with Gasteiger partial charge in [0.05, 0.1) is 0 Å². The molecule has 3 aromatic carbocycles. The molecule has 0 atom stereocenters. The second-order valence-electron chi connectivity index (χ2n) is 6.10. The fraction of sp³-hybridized carbons (Fsp3) is 0.100. The van der Waals surface area contributed by atoms with Gasteiger partial charge in [-0.15, -0.1) is 0 Å². The van der Waals surface area contributed by atoms with Crippen LogP contribution in [0.2, 0.25) is 0 Å². The second kappa shape index (κ2) is 6.42. The molecular weight excluding hydrogens is 357 g/mol. The third kappa shape index (κ3) is 3.76. The molecule has 1 heterocycles. The van der Waals surface area contributed by atoms with Crippen LogP contribution in [0.5, 0.6) is 0 Å². The maximum Gasteiger partial charge on any atom is 0.397 e. The van der Waals surface area contributed by atoms with E-state index >= 15 is 0 Å². The topological polar surface area (TPSA) is 55.1 Å². The molecule has 0 radical (unpaired) electrons. The maximum atomic E-state index is 12.3. The van der Waals surface area contributed by atoms with Crippen LogP contribution in [0.4, 0.5) is 18.9 Å². The molecule has 1 amide bonds. The molecule has 0 fully saturated rings. The first-order valence-corrected chi connectivity index (χ1v) is 8.14. The van der Waals surface area contributed by atoms with Gasteiger partial charge in [-0.2, -0.15) is 13.2 Å². The third-order valence-corrected chi connectivity index (χ3v) is 4.03. The minimum absolute atomic E-state index is 0.232. The van der Waals surface area contributed by atoms with Crippen molar-refractivity contribution >= 4 is 33.5 Å². The highest BCUT2D eigenvalue weighted by molar-refractivity contribution is 5.93. The monoisotopic (exact) mass is 370 g/mol. The van der Waals surface area contributed by atoms with Gasteiger partial charge in [0.25, 0.3) is 0 Å². The van der Waals surface area contributed by atoms with Crippen LogP contribution in [0, 0.1) is 0 Å². The van der Waals surface area contributed by atoms with Crippen molar-refractivity contribution in [3.63, 3.8) is 0 Å². The molecule has 0 unspecified atom stereocenters. The van der Waals surface area contributed by atoms with Crippen molar-refractivity contribution in [3.05, 3.63) is 60.7 Å². The molecule has 0 spiro atoms. The van der Waals surface area contributed by atoms with Gasteiger partial charge >= 0.3 is 6.18 Å². The third-order valence-electron chi connectivity index (χ3n) is 4.03. The second-order valence-corrected chi connectivity index (χ2v) is 6.10. The molecule has 7 heteroatoms. The Balaban J connectivity index is 1.63. The number of benzene rings is 3. The highest BCUT2D eigenvalue weighted by Gasteiger charge is 2.31. The van der Waals surface area contributed by atoms with Crippen molar-refractivity contribution in [1.82, 2.24) is 4.98 Å². The van der Waals surface area contributed by atoms with E-state index in [2.05, 4.69) is 10.3 Å². The number of oxazole rings is 1. The van der Waals surface area contributed by atoms with Crippen LogP contribution in [-0.4, -0.2) is 17.1 Å². The quantitative estimate of drug-likeness (QED) is 0.515. The first kappa shape index (κ1) is 17.1. The van der Waals surface area contributed by atoms with Crippen LogP contribution in [-0.2, 0) is 4.79 Å². The van der Waals surface area contributed by atoms with Crippen molar-refractivity contribution < 1.29 is 22.4 Å². The Morgan fingerprint density at radius 3 is 2.56 bits per heavy atom. The normalized spacial score (nSPS) is 11.8. The van der Waals surface area contributed by atoms with Gasteiger partial charge in [0.15, 0.2) is 5.58 Å². The van der Waals surface area contributed by atoms with Gasteiger partial charge in [-0.05, 0) is 41.1 Å². The van der Waals surface area contributed by atoms with E-state index in [1.165, 1.54) is 12.1 Å². The van der Waals surface area contributed by atoms with Gasteiger partial charge in [-0.3, -0.25) is 4.79 Å². The van der Waals surface area contributed by atoms with Crippen molar-refractivity contribution in [2.24, 2.45) is 0 Å². The number of aromatic nitrogens is 1. The molecule has 0 bridgehead atoms. The van der Waals surface area contributed by atoms with Crippen LogP contribution in [0.3, 0.4) is 0 Å². The summed E-state index contributed by atoms with van der Waals surface area (Å²) in [6.07, 6.45) is -6.09.